The average Bonchev–Trinajstić information content (AvgIpc) is 2.36. The van der Waals surface area contributed by atoms with E-state index in [-0.39, 0.29) is 12.4 Å². The summed E-state index contributed by atoms with van der Waals surface area (Å²) in [7, 11) is 0. The smallest absolute Gasteiger partial charge is 0.223 e. The van der Waals surface area contributed by atoms with Gasteiger partial charge in [0.15, 0.2) is 0 Å². The van der Waals surface area contributed by atoms with E-state index >= 15 is 0 Å². The predicted molar refractivity (Wildman–Crippen MR) is 83.8 cm³/mol. The zero-order chi connectivity index (χ0) is 13.5. The molecule has 1 amide bonds. The van der Waals surface area contributed by atoms with Crippen LogP contribution >= 0.6 is 12.4 Å². The zero-order valence-electron chi connectivity index (χ0n) is 12.9. The SMILES string of the molecule is CCCN(C(=O)CC(C)C(C)C)C1CCNCC1.Cl. The molecule has 1 aliphatic heterocycles. The van der Waals surface area contributed by atoms with E-state index in [0.29, 0.717) is 30.2 Å². The minimum Gasteiger partial charge on any atom is -0.340 e. The first-order valence-corrected chi connectivity index (χ1v) is 7.56. The Kier molecular flexibility index (Phi) is 9.46. The molecule has 1 aliphatic rings. The summed E-state index contributed by atoms with van der Waals surface area (Å²) in [4.78, 5) is 14.6. The predicted octanol–water partition coefficient (Wildman–Crippen LogP) is 3.08. The monoisotopic (exact) mass is 290 g/mol. The van der Waals surface area contributed by atoms with Crippen molar-refractivity contribution in [1.29, 1.82) is 0 Å². The number of halogens is 1. The molecule has 1 N–H and O–H groups in total. The Bertz CT molecular complexity index is 253. The molecule has 0 aromatic rings. The van der Waals surface area contributed by atoms with Crippen LogP contribution in [0.5, 0.6) is 0 Å². The summed E-state index contributed by atoms with van der Waals surface area (Å²) in [6.45, 7) is 11.8. The van der Waals surface area contributed by atoms with Gasteiger partial charge < -0.3 is 10.2 Å². The van der Waals surface area contributed by atoms with Crippen LogP contribution in [0.4, 0.5) is 0 Å². The zero-order valence-corrected chi connectivity index (χ0v) is 13.8. The Morgan fingerprint density at radius 3 is 2.32 bits per heavy atom. The second-order valence-corrected chi connectivity index (χ2v) is 5.99. The van der Waals surface area contributed by atoms with Crippen LogP contribution in [-0.4, -0.2) is 36.5 Å². The van der Waals surface area contributed by atoms with E-state index in [1.165, 1.54) is 0 Å². The van der Waals surface area contributed by atoms with Crippen molar-refractivity contribution in [3.63, 3.8) is 0 Å². The van der Waals surface area contributed by atoms with E-state index < -0.39 is 0 Å². The third-order valence-electron chi connectivity index (χ3n) is 4.17. The van der Waals surface area contributed by atoms with E-state index in [2.05, 4.69) is 37.9 Å². The highest BCUT2D eigenvalue weighted by Gasteiger charge is 2.25. The molecule has 0 spiro atoms. The molecule has 0 aromatic carbocycles. The van der Waals surface area contributed by atoms with Gasteiger partial charge in [0.1, 0.15) is 0 Å². The number of hydrogen-bond donors (Lipinski definition) is 1. The lowest BCUT2D eigenvalue weighted by molar-refractivity contribution is -0.135. The molecule has 3 nitrogen and oxygen atoms in total. The van der Waals surface area contributed by atoms with Crippen LogP contribution < -0.4 is 5.32 Å². The molecule has 1 saturated heterocycles. The molecule has 1 unspecified atom stereocenters. The molecule has 1 heterocycles. The lowest BCUT2D eigenvalue weighted by Gasteiger charge is -2.35. The second-order valence-electron chi connectivity index (χ2n) is 5.99. The highest BCUT2D eigenvalue weighted by atomic mass is 35.5. The summed E-state index contributed by atoms with van der Waals surface area (Å²) in [5, 5.41) is 3.37. The Balaban J connectivity index is 0.00000324. The van der Waals surface area contributed by atoms with Gasteiger partial charge >= 0.3 is 0 Å². The fourth-order valence-corrected chi connectivity index (χ4v) is 2.50. The minimum absolute atomic E-state index is 0. The van der Waals surface area contributed by atoms with Crippen LogP contribution in [0, 0.1) is 11.8 Å². The highest BCUT2D eigenvalue weighted by molar-refractivity contribution is 5.85. The number of nitrogens with zero attached hydrogens (tertiary/aromatic N) is 1. The number of rotatable bonds is 6. The Hall–Kier alpha value is -0.280. The van der Waals surface area contributed by atoms with Gasteiger partial charge in [-0.15, -0.1) is 12.4 Å². The fourth-order valence-electron chi connectivity index (χ4n) is 2.50. The van der Waals surface area contributed by atoms with Crippen LogP contribution in [-0.2, 0) is 4.79 Å². The lowest BCUT2D eigenvalue weighted by atomic mass is 9.93. The maximum Gasteiger partial charge on any atom is 0.223 e. The normalized spacial score (nSPS) is 17.9. The van der Waals surface area contributed by atoms with Gasteiger partial charge in [-0.3, -0.25) is 4.79 Å². The van der Waals surface area contributed by atoms with E-state index in [4.69, 9.17) is 0 Å². The van der Waals surface area contributed by atoms with Crippen LogP contribution in [0.25, 0.3) is 0 Å². The minimum atomic E-state index is 0. The van der Waals surface area contributed by atoms with Gasteiger partial charge in [-0.05, 0) is 44.2 Å². The van der Waals surface area contributed by atoms with Gasteiger partial charge in [0.2, 0.25) is 5.91 Å². The average molecular weight is 291 g/mol. The van der Waals surface area contributed by atoms with Crippen molar-refractivity contribution in [2.45, 2.75) is 59.4 Å². The number of carbonyl (C=O) groups is 1. The summed E-state index contributed by atoms with van der Waals surface area (Å²) >= 11 is 0. The van der Waals surface area contributed by atoms with Crippen molar-refractivity contribution in [1.82, 2.24) is 10.2 Å². The van der Waals surface area contributed by atoms with E-state index in [0.717, 1.165) is 38.9 Å². The third-order valence-corrected chi connectivity index (χ3v) is 4.17. The number of piperidine rings is 1. The first kappa shape index (κ1) is 18.7. The number of amides is 1. The largest absolute Gasteiger partial charge is 0.340 e. The Morgan fingerprint density at radius 1 is 1.26 bits per heavy atom. The van der Waals surface area contributed by atoms with E-state index in [1.54, 1.807) is 0 Å². The Labute approximate surface area is 124 Å². The summed E-state index contributed by atoms with van der Waals surface area (Å²) in [5.74, 6) is 1.44. The molecule has 1 atom stereocenters. The molecule has 1 fully saturated rings. The van der Waals surface area contributed by atoms with Crippen molar-refractivity contribution < 1.29 is 4.79 Å². The molecule has 0 aromatic heterocycles. The van der Waals surface area contributed by atoms with Gasteiger partial charge in [0.05, 0.1) is 0 Å². The van der Waals surface area contributed by atoms with Crippen LogP contribution in [0.2, 0.25) is 0 Å². The molecule has 114 valence electrons. The summed E-state index contributed by atoms with van der Waals surface area (Å²) in [5.41, 5.74) is 0. The maximum absolute atomic E-state index is 12.5. The fraction of sp³-hybridized carbons (Fsp3) is 0.933. The first-order chi connectivity index (χ1) is 8.56. The topological polar surface area (TPSA) is 32.3 Å². The molecule has 0 bridgehead atoms. The molecule has 4 heteroatoms. The van der Waals surface area contributed by atoms with Crippen LogP contribution in [0.15, 0.2) is 0 Å². The second kappa shape index (κ2) is 9.60. The van der Waals surface area contributed by atoms with Crippen LogP contribution in [0.1, 0.15) is 53.4 Å². The van der Waals surface area contributed by atoms with Gasteiger partial charge in [-0.1, -0.05) is 27.7 Å². The first-order valence-electron chi connectivity index (χ1n) is 7.56. The number of hydrogen-bond acceptors (Lipinski definition) is 2. The third kappa shape index (κ3) is 6.13. The molecule has 1 rings (SSSR count). The standard InChI is InChI=1S/C15H30N2O.ClH/c1-5-10-17(14-6-8-16-9-7-14)15(18)11-13(4)12(2)3;/h12-14,16H,5-11H2,1-4H3;1H. The lowest BCUT2D eigenvalue weighted by Crippen LogP contribution is -2.47. The number of carbonyl (C=O) groups excluding carboxylic acids is 1. The summed E-state index contributed by atoms with van der Waals surface area (Å²) in [6, 6.07) is 0.470. The molecule has 0 radical (unpaired) electrons. The van der Waals surface area contributed by atoms with Crippen LogP contribution in [0.3, 0.4) is 0 Å². The highest BCUT2D eigenvalue weighted by Crippen LogP contribution is 2.19. The van der Waals surface area contributed by atoms with Crippen molar-refractivity contribution in [2.24, 2.45) is 11.8 Å². The number of nitrogens with one attached hydrogen (secondary N) is 1. The molecular formula is C15H31ClN2O. The van der Waals surface area contributed by atoms with Crippen molar-refractivity contribution in [3.8, 4) is 0 Å². The quantitative estimate of drug-likeness (QED) is 0.815. The van der Waals surface area contributed by atoms with Crippen molar-refractivity contribution >= 4 is 18.3 Å². The molecular weight excluding hydrogens is 260 g/mol. The molecule has 0 saturated carbocycles. The molecule has 19 heavy (non-hydrogen) atoms. The van der Waals surface area contributed by atoms with E-state index in [1.807, 2.05) is 0 Å². The van der Waals surface area contributed by atoms with E-state index in [9.17, 15) is 4.79 Å². The van der Waals surface area contributed by atoms with Crippen molar-refractivity contribution in [3.05, 3.63) is 0 Å². The van der Waals surface area contributed by atoms with Gasteiger partial charge in [0.25, 0.3) is 0 Å². The van der Waals surface area contributed by atoms with Gasteiger partial charge in [-0.25, -0.2) is 0 Å². The summed E-state index contributed by atoms with van der Waals surface area (Å²) in [6.07, 6.45) is 4.00. The van der Waals surface area contributed by atoms with Crippen molar-refractivity contribution in [2.75, 3.05) is 19.6 Å². The summed E-state index contributed by atoms with van der Waals surface area (Å²) < 4.78 is 0. The maximum atomic E-state index is 12.5. The molecule has 0 aliphatic carbocycles. The van der Waals surface area contributed by atoms with Gasteiger partial charge in [-0.2, -0.15) is 0 Å². The Morgan fingerprint density at radius 2 is 1.84 bits per heavy atom. The van der Waals surface area contributed by atoms with Gasteiger partial charge in [0, 0.05) is 19.0 Å².